The van der Waals surface area contributed by atoms with E-state index in [4.69, 9.17) is 9.47 Å². The highest BCUT2D eigenvalue weighted by molar-refractivity contribution is 5.97. The second-order valence-corrected chi connectivity index (χ2v) is 9.33. The van der Waals surface area contributed by atoms with Gasteiger partial charge in [-0.05, 0) is 63.9 Å². The van der Waals surface area contributed by atoms with Gasteiger partial charge in [-0.15, -0.1) is 0 Å². The third kappa shape index (κ3) is 6.50. The van der Waals surface area contributed by atoms with E-state index >= 15 is 0 Å². The summed E-state index contributed by atoms with van der Waals surface area (Å²) in [5.41, 5.74) is 1.11. The summed E-state index contributed by atoms with van der Waals surface area (Å²) < 4.78 is 11.3. The number of nitrogens with zero attached hydrogens (tertiary/aromatic N) is 1. The Labute approximate surface area is 200 Å². The Balaban J connectivity index is 1.89. The van der Waals surface area contributed by atoms with Crippen LogP contribution in [0, 0.1) is 0 Å². The van der Waals surface area contributed by atoms with Crippen molar-refractivity contribution < 1.29 is 23.9 Å². The fraction of sp³-hybridized carbons (Fsp3) is 0.423. The number of hydrogen-bond donors (Lipinski definition) is 2. The molecule has 2 N–H and O–H groups in total. The molecular formula is C26H33N3O5. The van der Waals surface area contributed by atoms with Gasteiger partial charge in [0, 0.05) is 5.56 Å². The van der Waals surface area contributed by atoms with E-state index in [0.29, 0.717) is 23.4 Å². The average Bonchev–Trinajstić information content (AvgIpc) is 2.77. The lowest BCUT2D eigenvalue weighted by Crippen LogP contribution is -2.51. The normalized spacial score (nSPS) is 15.9. The summed E-state index contributed by atoms with van der Waals surface area (Å²) in [7, 11) is 0. The van der Waals surface area contributed by atoms with E-state index in [1.54, 1.807) is 64.1 Å². The molecule has 2 aromatic rings. The van der Waals surface area contributed by atoms with Gasteiger partial charge < -0.3 is 20.1 Å². The first-order valence-corrected chi connectivity index (χ1v) is 11.5. The van der Waals surface area contributed by atoms with Crippen LogP contribution < -0.4 is 15.4 Å². The Hall–Kier alpha value is -3.55. The molecule has 34 heavy (non-hydrogen) atoms. The summed E-state index contributed by atoms with van der Waals surface area (Å²) in [6.07, 6.45) is -0.412. The SMILES string of the molecule is CCCC(NC(=O)c1ccccc1)N(Cc1ccc2c(c1)NC(=O)C(C)O2)C(=O)OC(C)(C)C. The summed E-state index contributed by atoms with van der Waals surface area (Å²) in [5, 5.41) is 5.82. The van der Waals surface area contributed by atoms with Crippen LogP contribution in [-0.4, -0.2) is 40.7 Å². The van der Waals surface area contributed by atoms with Crippen LogP contribution in [-0.2, 0) is 16.1 Å². The van der Waals surface area contributed by atoms with Gasteiger partial charge >= 0.3 is 6.09 Å². The molecule has 0 radical (unpaired) electrons. The third-order valence-electron chi connectivity index (χ3n) is 5.23. The summed E-state index contributed by atoms with van der Waals surface area (Å²) in [4.78, 5) is 39.7. The maximum Gasteiger partial charge on any atom is 0.412 e. The number of amides is 3. The van der Waals surface area contributed by atoms with E-state index in [-0.39, 0.29) is 18.4 Å². The molecule has 1 heterocycles. The Morgan fingerprint density at radius 3 is 2.53 bits per heavy atom. The van der Waals surface area contributed by atoms with E-state index in [2.05, 4.69) is 10.6 Å². The minimum atomic E-state index is -0.705. The molecule has 2 unspecified atom stereocenters. The van der Waals surface area contributed by atoms with Crippen LogP contribution in [0.25, 0.3) is 0 Å². The summed E-state index contributed by atoms with van der Waals surface area (Å²) >= 11 is 0. The largest absolute Gasteiger partial charge is 0.479 e. The predicted octanol–water partition coefficient (Wildman–Crippen LogP) is 4.70. The zero-order valence-corrected chi connectivity index (χ0v) is 20.4. The quantitative estimate of drug-likeness (QED) is 0.576. The van der Waals surface area contributed by atoms with Crippen molar-refractivity contribution in [3.05, 3.63) is 59.7 Å². The average molecular weight is 468 g/mol. The first-order valence-electron chi connectivity index (χ1n) is 11.5. The maximum absolute atomic E-state index is 13.2. The first-order chi connectivity index (χ1) is 16.1. The highest BCUT2D eigenvalue weighted by Gasteiger charge is 2.30. The van der Waals surface area contributed by atoms with Gasteiger partial charge in [0.15, 0.2) is 6.10 Å². The molecule has 1 aliphatic rings. The number of fused-ring (bicyclic) bond motifs is 1. The Bertz CT molecular complexity index is 1030. The fourth-order valence-corrected chi connectivity index (χ4v) is 3.58. The van der Waals surface area contributed by atoms with Gasteiger partial charge in [-0.1, -0.05) is 37.6 Å². The van der Waals surface area contributed by atoms with E-state index in [1.165, 1.54) is 4.90 Å². The number of benzene rings is 2. The number of anilines is 1. The number of rotatable bonds is 7. The van der Waals surface area contributed by atoms with Crippen LogP contribution in [0.3, 0.4) is 0 Å². The van der Waals surface area contributed by atoms with E-state index in [1.807, 2.05) is 19.1 Å². The standard InChI is InChI=1S/C26H33N3O5/c1-6-10-22(28-24(31)19-11-8-7-9-12-19)29(25(32)34-26(3,4)5)16-18-13-14-21-20(15-18)27-23(30)17(2)33-21/h7-9,11-15,17,22H,6,10,16H2,1-5H3,(H,27,30)(H,28,31). The molecule has 0 saturated carbocycles. The minimum Gasteiger partial charge on any atom is -0.479 e. The highest BCUT2D eigenvalue weighted by Crippen LogP contribution is 2.31. The number of carbonyl (C=O) groups is 3. The molecule has 8 nitrogen and oxygen atoms in total. The third-order valence-corrected chi connectivity index (χ3v) is 5.23. The van der Waals surface area contributed by atoms with Crippen LogP contribution >= 0.6 is 0 Å². The van der Waals surface area contributed by atoms with E-state index in [9.17, 15) is 14.4 Å². The van der Waals surface area contributed by atoms with Crippen molar-refractivity contribution in [2.24, 2.45) is 0 Å². The smallest absolute Gasteiger partial charge is 0.412 e. The number of nitrogens with one attached hydrogen (secondary N) is 2. The van der Waals surface area contributed by atoms with Crippen LogP contribution in [0.4, 0.5) is 10.5 Å². The highest BCUT2D eigenvalue weighted by atomic mass is 16.6. The molecular weight excluding hydrogens is 434 g/mol. The molecule has 0 fully saturated rings. The summed E-state index contributed by atoms with van der Waals surface area (Å²) in [6, 6.07) is 14.3. The first kappa shape index (κ1) is 25.1. The van der Waals surface area contributed by atoms with Crippen LogP contribution in [0.5, 0.6) is 5.75 Å². The Morgan fingerprint density at radius 2 is 1.88 bits per heavy atom. The zero-order chi connectivity index (χ0) is 24.9. The lowest BCUT2D eigenvalue weighted by molar-refractivity contribution is -0.122. The molecule has 0 bridgehead atoms. The molecule has 8 heteroatoms. The van der Waals surface area contributed by atoms with Crippen LogP contribution in [0.1, 0.15) is 63.4 Å². The van der Waals surface area contributed by atoms with E-state index < -0.39 is 24.0 Å². The maximum atomic E-state index is 13.2. The van der Waals surface area contributed by atoms with Crippen molar-refractivity contribution in [3.63, 3.8) is 0 Å². The van der Waals surface area contributed by atoms with Gasteiger partial charge in [-0.2, -0.15) is 0 Å². The van der Waals surface area contributed by atoms with Gasteiger partial charge in [-0.3, -0.25) is 14.5 Å². The molecule has 0 aromatic heterocycles. The summed E-state index contributed by atoms with van der Waals surface area (Å²) in [6.45, 7) is 9.24. The van der Waals surface area contributed by atoms with Gasteiger partial charge in [0.1, 0.15) is 17.5 Å². The minimum absolute atomic E-state index is 0.174. The lowest BCUT2D eigenvalue weighted by Gasteiger charge is -2.34. The van der Waals surface area contributed by atoms with Gasteiger partial charge in [0.05, 0.1) is 12.2 Å². The molecule has 3 rings (SSSR count). The van der Waals surface area contributed by atoms with Crippen molar-refractivity contribution in [3.8, 4) is 5.75 Å². The van der Waals surface area contributed by atoms with Gasteiger partial charge in [0.25, 0.3) is 11.8 Å². The molecule has 3 amide bonds. The Kier molecular flexibility index (Phi) is 7.81. The van der Waals surface area contributed by atoms with Crippen LogP contribution in [0.2, 0.25) is 0 Å². The van der Waals surface area contributed by atoms with Gasteiger partial charge in [0.2, 0.25) is 0 Å². The molecule has 0 spiro atoms. The second-order valence-electron chi connectivity index (χ2n) is 9.33. The molecule has 2 atom stereocenters. The molecule has 0 saturated heterocycles. The van der Waals surface area contributed by atoms with Crippen molar-refractivity contribution in [1.82, 2.24) is 10.2 Å². The molecule has 182 valence electrons. The monoisotopic (exact) mass is 467 g/mol. The summed E-state index contributed by atoms with van der Waals surface area (Å²) in [5.74, 6) is 0.0717. The number of ether oxygens (including phenoxy) is 2. The number of carbonyl (C=O) groups excluding carboxylic acids is 3. The molecule has 2 aromatic carbocycles. The second kappa shape index (κ2) is 10.6. The number of hydrogen-bond acceptors (Lipinski definition) is 5. The topological polar surface area (TPSA) is 97.0 Å². The molecule has 0 aliphatic carbocycles. The van der Waals surface area contributed by atoms with Crippen molar-refractivity contribution in [1.29, 1.82) is 0 Å². The Morgan fingerprint density at radius 1 is 1.18 bits per heavy atom. The van der Waals surface area contributed by atoms with E-state index in [0.717, 1.165) is 12.0 Å². The van der Waals surface area contributed by atoms with Crippen LogP contribution in [0.15, 0.2) is 48.5 Å². The predicted molar refractivity (Wildman–Crippen MR) is 130 cm³/mol. The van der Waals surface area contributed by atoms with Crippen molar-refractivity contribution >= 4 is 23.6 Å². The van der Waals surface area contributed by atoms with Crippen molar-refractivity contribution in [2.75, 3.05) is 5.32 Å². The van der Waals surface area contributed by atoms with Crippen molar-refractivity contribution in [2.45, 2.75) is 71.9 Å². The lowest BCUT2D eigenvalue weighted by atomic mass is 10.1. The zero-order valence-electron chi connectivity index (χ0n) is 20.4. The molecule has 1 aliphatic heterocycles. The van der Waals surface area contributed by atoms with Gasteiger partial charge in [-0.25, -0.2) is 4.79 Å². The fourth-order valence-electron chi connectivity index (χ4n) is 3.58.